The molecular weight excluding hydrogens is 222 g/mol. The Morgan fingerprint density at radius 1 is 1.00 bits per heavy atom. The van der Waals surface area contributed by atoms with Gasteiger partial charge in [-0.15, -0.1) is 0 Å². The molecule has 0 bridgehead atoms. The fraction of sp³-hybridized carbons (Fsp3) is 0.0769. The molecule has 0 spiro atoms. The zero-order valence-corrected chi connectivity index (χ0v) is 9.45. The number of hydrogen-bond donors (Lipinski definition) is 1. The standard InChI is InChI=1S/C13H12ClNO/c14-11-7-4-8-12(15)13(11)16-9-10-5-2-1-3-6-10/h1-8H,9,15H2. The molecule has 0 saturated heterocycles. The van der Waals surface area contributed by atoms with Gasteiger partial charge >= 0.3 is 0 Å². The summed E-state index contributed by atoms with van der Waals surface area (Å²) < 4.78 is 5.60. The quantitative estimate of drug-likeness (QED) is 0.824. The van der Waals surface area contributed by atoms with E-state index in [2.05, 4.69) is 0 Å². The van der Waals surface area contributed by atoms with Crippen LogP contribution in [0.4, 0.5) is 5.69 Å². The van der Waals surface area contributed by atoms with Crippen LogP contribution in [-0.4, -0.2) is 0 Å². The molecular formula is C13H12ClNO. The van der Waals surface area contributed by atoms with Crippen molar-refractivity contribution in [3.05, 3.63) is 59.1 Å². The first-order valence-electron chi connectivity index (χ1n) is 4.98. The number of anilines is 1. The highest BCUT2D eigenvalue weighted by atomic mass is 35.5. The van der Waals surface area contributed by atoms with Crippen molar-refractivity contribution < 1.29 is 4.74 Å². The normalized spacial score (nSPS) is 10.1. The lowest BCUT2D eigenvalue weighted by Gasteiger charge is -2.10. The summed E-state index contributed by atoms with van der Waals surface area (Å²) in [6.07, 6.45) is 0. The second kappa shape index (κ2) is 4.90. The molecule has 2 aromatic rings. The molecule has 3 heteroatoms. The molecule has 0 aliphatic heterocycles. The molecule has 0 saturated carbocycles. The van der Waals surface area contributed by atoms with Crippen molar-refractivity contribution in [1.82, 2.24) is 0 Å². The van der Waals surface area contributed by atoms with Gasteiger partial charge in [-0.25, -0.2) is 0 Å². The smallest absolute Gasteiger partial charge is 0.161 e. The number of halogens is 1. The van der Waals surface area contributed by atoms with Gasteiger partial charge in [0.1, 0.15) is 6.61 Å². The van der Waals surface area contributed by atoms with Crippen LogP contribution in [0.25, 0.3) is 0 Å². The lowest BCUT2D eigenvalue weighted by atomic mass is 10.2. The molecule has 0 heterocycles. The van der Waals surface area contributed by atoms with Crippen molar-refractivity contribution in [1.29, 1.82) is 0 Å². The summed E-state index contributed by atoms with van der Waals surface area (Å²) in [5, 5.41) is 0.538. The molecule has 16 heavy (non-hydrogen) atoms. The molecule has 82 valence electrons. The third-order valence-electron chi connectivity index (χ3n) is 2.22. The van der Waals surface area contributed by atoms with Crippen LogP contribution in [0.2, 0.25) is 5.02 Å². The minimum absolute atomic E-state index is 0.467. The van der Waals surface area contributed by atoms with Crippen molar-refractivity contribution in [2.24, 2.45) is 0 Å². The van der Waals surface area contributed by atoms with Crippen molar-refractivity contribution in [3.63, 3.8) is 0 Å². The first kappa shape index (κ1) is 10.8. The molecule has 0 amide bonds. The van der Waals surface area contributed by atoms with E-state index < -0.39 is 0 Å². The molecule has 0 radical (unpaired) electrons. The Bertz CT molecular complexity index is 450. The highest BCUT2D eigenvalue weighted by Gasteiger charge is 2.05. The number of ether oxygens (including phenoxy) is 1. The van der Waals surface area contributed by atoms with Crippen LogP contribution in [-0.2, 0) is 6.61 Å². The van der Waals surface area contributed by atoms with E-state index in [1.165, 1.54) is 0 Å². The Balaban J connectivity index is 2.11. The lowest BCUT2D eigenvalue weighted by Crippen LogP contribution is -1.99. The zero-order valence-electron chi connectivity index (χ0n) is 8.69. The zero-order chi connectivity index (χ0) is 11.4. The maximum Gasteiger partial charge on any atom is 0.161 e. The number of nitrogens with two attached hydrogens (primary N) is 1. The average molecular weight is 234 g/mol. The van der Waals surface area contributed by atoms with Gasteiger partial charge in [-0.3, -0.25) is 0 Å². The van der Waals surface area contributed by atoms with Gasteiger partial charge < -0.3 is 10.5 Å². The third-order valence-corrected chi connectivity index (χ3v) is 2.52. The predicted molar refractivity (Wildman–Crippen MR) is 66.6 cm³/mol. The summed E-state index contributed by atoms with van der Waals surface area (Å²) in [6.45, 7) is 0.467. The first-order valence-corrected chi connectivity index (χ1v) is 5.36. The average Bonchev–Trinajstić information content (AvgIpc) is 2.30. The number of hydrogen-bond acceptors (Lipinski definition) is 2. The Hall–Kier alpha value is -1.67. The van der Waals surface area contributed by atoms with Gasteiger partial charge in [0.2, 0.25) is 0 Å². The number of rotatable bonds is 3. The van der Waals surface area contributed by atoms with Crippen LogP contribution in [0, 0.1) is 0 Å². The topological polar surface area (TPSA) is 35.2 Å². The second-order valence-corrected chi connectivity index (χ2v) is 3.84. The van der Waals surface area contributed by atoms with Gasteiger partial charge in [0.05, 0.1) is 10.7 Å². The van der Waals surface area contributed by atoms with Crippen LogP contribution < -0.4 is 10.5 Å². The Morgan fingerprint density at radius 2 is 1.75 bits per heavy atom. The summed E-state index contributed by atoms with van der Waals surface area (Å²) in [7, 11) is 0. The molecule has 0 aliphatic carbocycles. The van der Waals surface area contributed by atoms with Crippen LogP contribution >= 0.6 is 11.6 Å². The van der Waals surface area contributed by atoms with Crippen molar-refractivity contribution in [3.8, 4) is 5.75 Å². The molecule has 0 unspecified atom stereocenters. The maximum atomic E-state index is 5.99. The molecule has 2 nitrogen and oxygen atoms in total. The van der Waals surface area contributed by atoms with E-state index in [0.717, 1.165) is 5.56 Å². The van der Waals surface area contributed by atoms with E-state index in [1.807, 2.05) is 30.3 Å². The molecule has 2 rings (SSSR count). The third kappa shape index (κ3) is 2.47. The summed E-state index contributed by atoms with van der Waals surface area (Å²) in [6, 6.07) is 15.2. The van der Waals surface area contributed by atoms with E-state index in [-0.39, 0.29) is 0 Å². The fourth-order valence-electron chi connectivity index (χ4n) is 1.41. The number of benzene rings is 2. The highest BCUT2D eigenvalue weighted by Crippen LogP contribution is 2.31. The van der Waals surface area contributed by atoms with Crippen LogP contribution in [0.3, 0.4) is 0 Å². The molecule has 0 aliphatic rings. The van der Waals surface area contributed by atoms with Crippen LogP contribution in [0.5, 0.6) is 5.75 Å². The summed E-state index contributed by atoms with van der Waals surface area (Å²) in [5.74, 6) is 0.549. The highest BCUT2D eigenvalue weighted by molar-refractivity contribution is 6.32. The largest absolute Gasteiger partial charge is 0.485 e. The lowest BCUT2D eigenvalue weighted by molar-refractivity contribution is 0.308. The van der Waals surface area contributed by atoms with E-state index in [0.29, 0.717) is 23.1 Å². The monoisotopic (exact) mass is 233 g/mol. The summed E-state index contributed by atoms with van der Waals surface area (Å²) in [4.78, 5) is 0. The minimum Gasteiger partial charge on any atom is -0.485 e. The van der Waals surface area contributed by atoms with Crippen molar-refractivity contribution >= 4 is 17.3 Å². The maximum absolute atomic E-state index is 5.99. The SMILES string of the molecule is Nc1cccc(Cl)c1OCc1ccccc1. The predicted octanol–water partition coefficient (Wildman–Crippen LogP) is 3.50. The van der Waals surface area contributed by atoms with Gasteiger partial charge in [-0.05, 0) is 17.7 Å². The Kier molecular flexibility index (Phi) is 3.32. The second-order valence-electron chi connectivity index (χ2n) is 3.43. The van der Waals surface area contributed by atoms with Gasteiger partial charge in [-0.1, -0.05) is 48.0 Å². The van der Waals surface area contributed by atoms with Gasteiger partial charge in [-0.2, -0.15) is 0 Å². The van der Waals surface area contributed by atoms with Gasteiger partial charge in [0.25, 0.3) is 0 Å². The minimum atomic E-state index is 0.467. The first-order chi connectivity index (χ1) is 7.77. The number of para-hydroxylation sites is 1. The summed E-state index contributed by atoms with van der Waals surface area (Å²) in [5.41, 5.74) is 7.42. The Morgan fingerprint density at radius 3 is 2.44 bits per heavy atom. The summed E-state index contributed by atoms with van der Waals surface area (Å²) >= 11 is 5.99. The van der Waals surface area contributed by atoms with Crippen LogP contribution in [0.1, 0.15) is 5.56 Å². The molecule has 2 N–H and O–H groups in total. The molecule has 0 aromatic heterocycles. The van der Waals surface area contributed by atoms with E-state index in [4.69, 9.17) is 22.1 Å². The van der Waals surface area contributed by atoms with E-state index in [1.54, 1.807) is 18.2 Å². The van der Waals surface area contributed by atoms with Gasteiger partial charge in [0, 0.05) is 0 Å². The number of nitrogen functional groups attached to an aromatic ring is 1. The Labute approximate surface area is 99.6 Å². The van der Waals surface area contributed by atoms with E-state index in [9.17, 15) is 0 Å². The molecule has 2 aromatic carbocycles. The fourth-order valence-corrected chi connectivity index (χ4v) is 1.64. The molecule has 0 fully saturated rings. The van der Waals surface area contributed by atoms with Crippen LogP contribution in [0.15, 0.2) is 48.5 Å². The molecule has 0 atom stereocenters. The van der Waals surface area contributed by atoms with Gasteiger partial charge in [0.15, 0.2) is 5.75 Å². The van der Waals surface area contributed by atoms with Crippen molar-refractivity contribution in [2.75, 3.05) is 5.73 Å². The van der Waals surface area contributed by atoms with Crippen molar-refractivity contribution in [2.45, 2.75) is 6.61 Å². The van der Waals surface area contributed by atoms with E-state index >= 15 is 0 Å².